The van der Waals surface area contributed by atoms with E-state index in [1.165, 1.54) is 0 Å². The van der Waals surface area contributed by atoms with Crippen LogP contribution in [0.3, 0.4) is 0 Å². The van der Waals surface area contributed by atoms with Crippen molar-refractivity contribution < 1.29 is 4.79 Å². The van der Waals surface area contributed by atoms with Gasteiger partial charge in [0.2, 0.25) is 0 Å². The molecule has 0 aliphatic heterocycles. The fraction of sp³-hybridized carbons (Fsp3) is 0.100. The van der Waals surface area contributed by atoms with Crippen molar-refractivity contribution in [3.8, 4) is 0 Å². The zero-order valence-corrected chi connectivity index (χ0v) is 8.56. The van der Waals surface area contributed by atoms with Crippen LogP contribution in [-0.2, 0) is 7.05 Å². The third kappa shape index (κ3) is 0.979. The highest BCUT2D eigenvalue weighted by Gasteiger charge is 2.18. The van der Waals surface area contributed by atoms with Gasteiger partial charge in [-0.2, -0.15) is 5.10 Å². The molecule has 0 saturated carbocycles. The van der Waals surface area contributed by atoms with Gasteiger partial charge < -0.3 is 10.7 Å². The summed E-state index contributed by atoms with van der Waals surface area (Å²) in [5, 5.41) is 4.07. The third-order valence-electron chi connectivity index (χ3n) is 2.57. The Bertz CT molecular complexity index is 708. The minimum Gasteiger partial charge on any atom is -0.364 e. The van der Waals surface area contributed by atoms with Crippen LogP contribution in [0.15, 0.2) is 18.3 Å². The summed E-state index contributed by atoms with van der Waals surface area (Å²) in [6.07, 6.45) is 1.70. The van der Waals surface area contributed by atoms with Crippen LogP contribution in [0.5, 0.6) is 0 Å². The molecular weight excluding hydrogens is 206 g/mol. The fourth-order valence-corrected chi connectivity index (χ4v) is 1.92. The summed E-state index contributed by atoms with van der Waals surface area (Å²) in [6, 6.07) is 3.72. The van der Waals surface area contributed by atoms with Crippen molar-refractivity contribution in [3.63, 3.8) is 0 Å². The number of aryl methyl sites for hydroxylation is 1. The molecule has 0 aliphatic rings. The maximum Gasteiger partial charge on any atom is 0.271 e. The number of nitrogens with two attached hydrogens (primary N) is 1. The van der Waals surface area contributed by atoms with Crippen molar-refractivity contribution in [2.45, 2.75) is 0 Å². The lowest BCUT2D eigenvalue weighted by atomic mass is 10.3. The van der Waals surface area contributed by atoms with E-state index in [1.54, 1.807) is 17.9 Å². The van der Waals surface area contributed by atoms with Crippen molar-refractivity contribution >= 4 is 28.0 Å². The average Bonchev–Trinajstić information content (AvgIpc) is 2.76. The minimum absolute atomic E-state index is 0.246. The molecule has 3 aromatic rings. The second-order valence-electron chi connectivity index (χ2n) is 3.58. The Labute approximate surface area is 90.1 Å². The van der Waals surface area contributed by atoms with Gasteiger partial charge in [0.25, 0.3) is 5.91 Å². The number of nitrogens with zero attached hydrogens (tertiary/aromatic N) is 3. The van der Waals surface area contributed by atoms with E-state index < -0.39 is 5.91 Å². The number of carbonyl (C=O) groups excluding carboxylic acids is 1. The number of hydrogen-bond acceptors (Lipinski definition) is 3. The zero-order chi connectivity index (χ0) is 11.3. The van der Waals surface area contributed by atoms with Gasteiger partial charge in [0.05, 0.1) is 5.52 Å². The number of fused-ring (bicyclic) bond motifs is 3. The standard InChI is InChI=1S/C10H9N5O/c1-15-9-6-5(3-2-4-12-6)13-7(9)8(14-15)10(11)16/h2-4,13H,1H3,(H2,11,16). The van der Waals surface area contributed by atoms with Gasteiger partial charge in [0, 0.05) is 13.2 Å². The smallest absolute Gasteiger partial charge is 0.271 e. The van der Waals surface area contributed by atoms with E-state index in [0.717, 1.165) is 16.6 Å². The Morgan fingerprint density at radius 3 is 3.12 bits per heavy atom. The van der Waals surface area contributed by atoms with Crippen molar-refractivity contribution in [3.05, 3.63) is 24.0 Å². The lowest BCUT2D eigenvalue weighted by Gasteiger charge is -1.91. The number of aromatic amines is 1. The number of primary amides is 1. The normalized spacial score (nSPS) is 11.3. The molecule has 3 aromatic heterocycles. The fourth-order valence-electron chi connectivity index (χ4n) is 1.92. The summed E-state index contributed by atoms with van der Waals surface area (Å²) in [6.45, 7) is 0. The van der Waals surface area contributed by atoms with Gasteiger partial charge in [-0.15, -0.1) is 0 Å². The Kier molecular flexibility index (Phi) is 1.57. The van der Waals surface area contributed by atoms with Crippen LogP contribution in [0.25, 0.3) is 22.1 Å². The van der Waals surface area contributed by atoms with Gasteiger partial charge in [-0.1, -0.05) is 0 Å². The Morgan fingerprint density at radius 2 is 2.38 bits per heavy atom. The summed E-state index contributed by atoms with van der Waals surface area (Å²) >= 11 is 0. The number of amides is 1. The van der Waals surface area contributed by atoms with Crippen molar-refractivity contribution in [1.82, 2.24) is 19.7 Å². The van der Waals surface area contributed by atoms with Crippen LogP contribution in [0.2, 0.25) is 0 Å². The summed E-state index contributed by atoms with van der Waals surface area (Å²) in [4.78, 5) is 18.6. The van der Waals surface area contributed by atoms with E-state index >= 15 is 0 Å². The van der Waals surface area contributed by atoms with Crippen LogP contribution >= 0.6 is 0 Å². The van der Waals surface area contributed by atoms with E-state index in [0.29, 0.717) is 5.52 Å². The molecule has 16 heavy (non-hydrogen) atoms. The monoisotopic (exact) mass is 215 g/mol. The molecule has 0 unspecified atom stereocenters. The van der Waals surface area contributed by atoms with Crippen LogP contribution in [-0.4, -0.2) is 25.7 Å². The Hall–Kier alpha value is -2.37. The molecule has 0 aromatic carbocycles. The molecule has 3 heterocycles. The molecule has 6 nitrogen and oxygen atoms in total. The first kappa shape index (κ1) is 8.90. The molecule has 3 rings (SSSR count). The molecule has 0 atom stereocenters. The Balaban J connectivity index is 2.55. The molecule has 6 heteroatoms. The van der Waals surface area contributed by atoms with Crippen molar-refractivity contribution in [2.24, 2.45) is 12.8 Å². The van der Waals surface area contributed by atoms with E-state index in [-0.39, 0.29) is 5.69 Å². The number of rotatable bonds is 1. The molecular formula is C10H9N5O. The topological polar surface area (TPSA) is 89.6 Å². The molecule has 0 saturated heterocycles. The predicted molar refractivity (Wildman–Crippen MR) is 58.9 cm³/mol. The lowest BCUT2D eigenvalue weighted by molar-refractivity contribution is 0.0996. The van der Waals surface area contributed by atoms with E-state index in [9.17, 15) is 4.79 Å². The van der Waals surface area contributed by atoms with Crippen LogP contribution in [0.1, 0.15) is 10.5 Å². The molecule has 0 radical (unpaired) electrons. The van der Waals surface area contributed by atoms with Gasteiger partial charge >= 0.3 is 0 Å². The summed E-state index contributed by atoms with van der Waals surface area (Å²) < 4.78 is 1.61. The first-order valence-electron chi connectivity index (χ1n) is 4.77. The molecule has 0 spiro atoms. The maximum absolute atomic E-state index is 11.2. The molecule has 80 valence electrons. The summed E-state index contributed by atoms with van der Waals surface area (Å²) in [5.74, 6) is -0.544. The summed E-state index contributed by atoms with van der Waals surface area (Å²) in [5.41, 5.74) is 8.60. The van der Waals surface area contributed by atoms with E-state index in [1.807, 2.05) is 12.1 Å². The molecule has 0 aliphatic carbocycles. The van der Waals surface area contributed by atoms with Gasteiger partial charge in [-0.25, -0.2) is 0 Å². The first-order valence-corrected chi connectivity index (χ1v) is 4.77. The maximum atomic E-state index is 11.2. The molecule has 3 N–H and O–H groups in total. The number of hydrogen-bond donors (Lipinski definition) is 2. The highest BCUT2D eigenvalue weighted by Crippen LogP contribution is 2.24. The van der Waals surface area contributed by atoms with E-state index in [4.69, 9.17) is 5.73 Å². The first-order chi connectivity index (χ1) is 7.68. The molecule has 0 bridgehead atoms. The predicted octanol–water partition coefficient (Wildman–Crippen LogP) is 0.548. The number of nitrogens with one attached hydrogen (secondary N) is 1. The second-order valence-corrected chi connectivity index (χ2v) is 3.58. The number of carbonyl (C=O) groups is 1. The molecule has 0 fully saturated rings. The number of pyridine rings is 1. The van der Waals surface area contributed by atoms with E-state index in [2.05, 4.69) is 15.1 Å². The van der Waals surface area contributed by atoms with Crippen LogP contribution in [0.4, 0.5) is 0 Å². The van der Waals surface area contributed by atoms with Crippen molar-refractivity contribution in [2.75, 3.05) is 0 Å². The SMILES string of the molecule is Cn1nc(C(N)=O)c2[nH]c3cccnc3c21. The highest BCUT2D eigenvalue weighted by molar-refractivity contribution is 6.11. The average molecular weight is 215 g/mol. The van der Waals surface area contributed by atoms with Crippen LogP contribution < -0.4 is 5.73 Å². The second kappa shape index (κ2) is 2.82. The molecule has 1 amide bonds. The minimum atomic E-state index is -0.544. The number of aromatic nitrogens is 4. The van der Waals surface area contributed by atoms with Gasteiger partial charge in [-0.05, 0) is 12.1 Å². The third-order valence-corrected chi connectivity index (χ3v) is 2.57. The van der Waals surface area contributed by atoms with Gasteiger partial charge in [0.15, 0.2) is 5.69 Å². The Morgan fingerprint density at radius 1 is 1.56 bits per heavy atom. The largest absolute Gasteiger partial charge is 0.364 e. The quantitative estimate of drug-likeness (QED) is 0.621. The highest BCUT2D eigenvalue weighted by atomic mass is 16.1. The van der Waals surface area contributed by atoms with Crippen LogP contribution in [0, 0.1) is 0 Å². The van der Waals surface area contributed by atoms with Gasteiger partial charge in [0.1, 0.15) is 16.6 Å². The lowest BCUT2D eigenvalue weighted by Crippen LogP contribution is -2.12. The zero-order valence-electron chi connectivity index (χ0n) is 8.56. The summed E-state index contributed by atoms with van der Waals surface area (Å²) in [7, 11) is 1.76. The van der Waals surface area contributed by atoms with Gasteiger partial charge in [-0.3, -0.25) is 14.5 Å². The van der Waals surface area contributed by atoms with Crippen molar-refractivity contribution in [1.29, 1.82) is 0 Å². The number of H-pyrrole nitrogens is 1.